The molecule has 1 amide bonds. The van der Waals surface area contributed by atoms with Crippen molar-refractivity contribution in [1.82, 2.24) is 14.5 Å². The van der Waals surface area contributed by atoms with Crippen molar-refractivity contribution in [3.05, 3.63) is 23.8 Å². The van der Waals surface area contributed by atoms with E-state index in [1.807, 2.05) is 0 Å². The molecule has 2 saturated heterocycles. The van der Waals surface area contributed by atoms with Gasteiger partial charge in [-0.1, -0.05) is 6.42 Å². The van der Waals surface area contributed by atoms with E-state index in [2.05, 4.69) is 17.3 Å². The molecule has 7 nitrogen and oxygen atoms in total. The van der Waals surface area contributed by atoms with Crippen molar-refractivity contribution in [1.29, 1.82) is 0 Å². The molecule has 1 N–H and O–H groups in total. The fourth-order valence-electron chi connectivity index (χ4n) is 4.07. The minimum Gasteiger partial charge on any atom is -0.496 e. The number of amides is 1. The van der Waals surface area contributed by atoms with Crippen LogP contribution in [-0.4, -0.2) is 69.9 Å². The summed E-state index contributed by atoms with van der Waals surface area (Å²) in [5, 5.41) is 3.11. The first-order chi connectivity index (χ1) is 13.9. The Morgan fingerprint density at radius 1 is 1.14 bits per heavy atom. The topological polar surface area (TPSA) is 79.0 Å². The van der Waals surface area contributed by atoms with Gasteiger partial charge in [0.1, 0.15) is 5.75 Å². The first kappa shape index (κ1) is 22.1. The normalized spacial score (nSPS) is 19.8. The fourth-order valence-corrected chi connectivity index (χ4v) is 5.63. The molecule has 2 fully saturated rings. The van der Waals surface area contributed by atoms with Crippen LogP contribution in [0, 0.1) is 0 Å². The Labute approximate surface area is 174 Å². The van der Waals surface area contributed by atoms with Crippen molar-refractivity contribution < 1.29 is 17.9 Å². The average Bonchev–Trinajstić information content (AvgIpc) is 2.74. The lowest BCUT2D eigenvalue weighted by Gasteiger charge is -2.29. The predicted octanol–water partition coefficient (Wildman–Crippen LogP) is 2.01. The lowest BCUT2D eigenvalue weighted by atomic mass is 10.0. The lowest BCUT2D eigenvalue weighted by molar-refractivity contribution is -0.122. The fraction of sp³-hybridized carbons (Fsp3) is 0.667. The van der Waals surface area contributed by atoms with Crippen LogP contribution < -0.4 is 10.1 Å². The molecule has 0 unspecified atom stereocenters. The van der Waals surface area contributed by atoms with E-state index >= 15 is 0 Å². The maximum absolute atomic E-state index is 13.0. The van der Waals surface area contributed by atoms with Gasteiger partial charge in [-0.2, -0.15) is 4.31 Å². The van der Waals surface area contributed by atoms with E-state index in [-0.39, 0.29) is 16.8 Å². The van der Waals surface area contributed by atoms with E-state index in [0.29, 0.717) is 31.7 Å². The summed E-state index contributed by atoms with van der Waals surface area (Å²) in [5.41, 5.74) is 0.754. The number of carbonyl (C=O) groups excluding carboxylic acids is 1. The lowest BCUT2D eigenvalue weighted by Crippen LogP contribution is -2.43. The molecule has 0 bridgehead atoms. The molecule has 0 aliphatic carbocycles. The molecule has 2 aliphatic heterocycles. The Morgan fingerprint density at radius 3 is 2.48 bits per heavy atom. The number of piperidine rings is 2. The molecule has 0 radical (unpaired) electrons. The summed E-state index contributed by atoms with van der Waals surface area (Å²) in [7, 11) is 0.155. The van der Waals surface area contributed by atoms with Crippen LogP contribution in [0.3, 0.4) is 0 Å². The number of likely N-dealkylation sites (tertiary alicyclic amines) is 1. The number of benzene rings is 1. The van der Waals surface area contributed by atoms with Gasteiger partial charge in [0, 0.05) is 25.6 Å². The molecule has 0 atom stereocenters. The van der Waals surface area contributed by atoms with Crippen LogP contribution in [0.5, 0.6) is 5.75 Å². The maximum Gasteiger partial charge on any atom is 0.243 e. The highest BCUT2D eigenvalue weighted by Gasteiger charge is 2.27. The monoisotopic (exact) mass is 423 g/mol. The second kappa shape index (κ2) is 9.91. The Bertz CT molecular complexity index is 798. The van der Waals surface area contributed by atoms with Crippen molar-refractivity contribution >= 4 is 15.9 Å². The second-order valence-corrected chi connectivity index (χ2v) is 10.0. The Morgan fingerprint density at radius 2 is 1.83 bits per heavy atom. The van der Waals surface area contributed by atoms with E-state index in [0.717, 1.165) is 50.8 Å². The van der Waals surface area contributed by atoms with Crippen LogP contribution in [0.2, 0.25) is 0 Å². The standard InChI is InChI=1S/C21H33N3O4S/c1-23-14-10-18(11-15-23)22-21(25)9-6-17-16-19(7-8-20(17)28-2)29(26,27)24-12-4-3-5-13-24/h7-8,16,18H,3-6,9-15H2,1-2H3,(H,22,25). The van der Waals surface area contributed by atoms with Crippen LogP contribution in [0.25, 0.3) is 0 Å². The molecule has 0 aromatic heterocycles. The van der Waals surface area contributed by atoms with Crippen LogP contribution in [-0.2, 0) is 21.2 Å². The zero-order valence-electron chi connectivity index (χ0n) is 17.5. The van der Waals surface area contributed by atoms with E-state index in [9.17, 15) is 13.2 Å². The quantitative estimate of drug-likeness (QED) is 0.726. The summed E-state index contributed by atoms with van der Waals surface area (Å²) < 4.78 is 32.9. The van der Waals surface area contributed by atoms with Crippen molar-refractivity contribution in [3.8, 4) is 5.75 Å². The third-order valence-corrected chi connectivity index (χ3v) is 7.80. The predicted molar refractivity (Wildman–Crippen MR) is 113 cm³/mol. The van der Waals surface area contributed by atoms with E-state index in [1.54, 1.807) is 29.6 Å². The Kier molecular flexibility index (Phi) is 7.54. The second-order valence-electron chi connectivity index (χ2n) is 8.08. The zero-order valence-corrected chi connectivity index (χ0v) is 18.3. The zero-order chi connectivity index (χ0) is 20.9. The highest BCUT2D eigenvalue weighted by atomic mass is 32.2. The van der Waals surface area contributed by atoms with Gasteiger partial charge in [0.05, 0.1) is 12.0 Å². The number of ether oxygens (including phenoxy) is 1. The molecule has 2 heterocycles. The number of rotatable bonds is 7. The van der Waals surface area contributed by atoms with Gasteiger partial charge in [0.15, 0.2) is 0 Å². The molecular formula is C21H33N3O4S. The summed E-state index contributed by atoms with van der Waals surface area (Å²) >= 11 is 0. The highest BCUT2D eigenvalue weighted by Crippen LogP contribution is 2.27. The van der Waals surface area contributed by atoms with Gasteiger partial charge < -0.3 is 15.0 Å². The van der Waals surface area contributed by atoms with Crippen molar-refractivity contribution in [2.45, 2.75) is 55.9 Å². The van der Waals surface area contributed by atoms with Gasteiger partial charge in [-0.3, -0.25) is 4.79 Å². The van der Waals surface area contributed by atoms with Gasteiger partial charge >= 0.3 is 0 Å². The van der Waals surface area contributed by atoms with Crippen molar-refractivity contribution in [3.63, 3.8) is 0 Å². The maximum atomic E-state index is 13.0. The van der Waals surface area contributed by atoms with Gasteiger partial charge in [-0.05, 0) is 76.0 Å². The van der Waals surface area contributed by atoms with Gasteiger partial charge in [-0.25, -0.2) is 8.42 Å². The summed E-state index contributed by atoms with van der Waals surface area (Å²) in [4.78, 5) is 15.0. The van der Waals surface area contributed by atoms with Crippen LogP contribution in [0.15, 0.2) is 23.1 Å². The smallest absolute Gasteiger partial charge is 0.243 e. The Balaban J connectivity index is 1.65. The van der Waals surface area contributed by atoms with Crippen LogP contribution >= 0.6 is 0 Å². The molecule has 3 rings (SSSR count). The molecular weight excluding hydrogens is 390 g/mol. The van der Waals surface area contributed by atoms with E-state index < -0.39 is 10.0 Å². The summed E-state index contributed by atoms with van der Waals surface area (Å²) in [6.07, 6.45) is 5.58. The molecule has 8 heteroatoms. The van der Waals surface area contributed by atoms with Gasteiger partial charge in [0.25, 0.3) is 0 Å². The van der Waals surface area contributed by atoms with Gasteiger partial charge in [-0.15, -0.1) is 0 Å². The number of hydrogen-bond acceptors (Lipinski definition) is 5. The SMILES string of the molecule is COc1ccc(S(=O)(=O)N2CCCCC2)cc1CCC(=O)NC1CCN(C)CC1. The highest BCUT2D eigenvalue weighted by molar-refractivity contribution is 7.89. The molecule has 2 aliphatic rings. The number of carbonyl (C=O) groups is 1. The minimum absolute atomic E-state index is 0.00546. The van der Waals surface area contributed by atoms with E-state index in [1.165, 1.54) is 0 Å². The largest absolute Gasteiger partial charge is 0.496 e. The van der Waals surface area contributed by atoms with Crippen LogP contribution in [0.4, 0.5) is 0 Å². The number of nitrogens with zero attached hydrogens (tertiary/aromatic N) is 2. The van der Waals surface area contributed by atoms with Crippen molar-refractivity contribution in [2.24, 2.45) is 0 Å². The first-order valence-corrected chi connectivity index (χ1v) is 12.0. The van der Waals surface area contributed by atoms with Crippen molar-refractivity contribution in [2.75, 3.05) is 40.3 Å². The van der Waals surface area contributed by atoms with Gasteiger partial charge in [0.2, 0.25) is 15.9 Å². The third kappa shape index (κ3) is 5.71. The molecule has 162 valence electrons. The number of nitrogens with one attached hydrogen (secondary N) is 1. The number of aryl methyl sites for hydroxylation is 1. The third-order valence-electron chi connectivity index (χ3n) is 5.91. The Hall–Kier alpha value is -1.64. The number of hydrogen-bond donors (Lipinski definition) is 1. The minimum atomic E-state index is -3.50. The summed E-state index contributed by atoms with van der Waals surface area (Å²) in [6, 6.07) is 5.20. The number of sulfonamides is 1. The van der Waals surface area contributed by atoms with E-state index in [4.69, 9.17) is 4.74 Å². The molecule has 1 aromatic rings. The first-order valence-electron chi connectivity index (χ1n) is 10.5. The average molecular weight is 424 g/mol. The molecule has 0 spiro atoms. The molecule has 1 aromatic carbocycles. The number of methoxy groups -OCH3 is 1. The summed E-state index contributed by atoms with van der Waals surface area (Å²) in [6.45, 7) is 3.13. The van der Waals surface area contributed by atoms with Crippen LogP contribution in [0.1, 0.15) is 44.1 Å². The summed E-state index contributed by atoms with van der Waals surface area (Å²) in [5.74, 6) is 0.626. The molecule has 29 heavy (non-hydrogen) atoms. The molecule has 0 saturated carbocycles.